The van der Waals surface area contributed by atoms with Crippen LogP contribution in [-0.4, -0.2) is 44.6 Å². The molecular formula is C22H30N4O3S. The number of carbonyl (C=O) groups is 1. The van der Waals surface area contributed by atoms with Crippen molar-refractivity contribution in [2.75, 3.05) is 19.5 Å². The van der Waals surface area contributed by atoms with E-state index in [0.29, 0.717) is 29.9 Å². The minimum absolute atomic E-state index is 0.0858. The number of hydrogen-bond acceptors (Lipinski definition) is 6. The number of furan rings is 1. The Kier molecular flexibility index (Phi) is 7.20. The van der Waals surface area contributed by atoms with Gasteiger partial charge < -0.3 is 13.7 Å². The van der Waals surface area contributed by atoms with Gasteiger partial charge in [-0.05, 0) is 44.9 Å². The summed E-state index contributed by atoms with van der Waals surface area (Å²) in [6.07, 6.45) is 1.63. The first-order chi connectivity index (χ1) is 14.3. The van der Waals surface area contributed by atoms with Gasteiger partial charge in [-0.15, -0.1) is 10.2 Å². The predicted molar refractivity (Wildman–Crippen MR) is 118 cm³/mol. The average molecular weight is 431 g/mol. The number of methoxy groups -OCH3 is 1. The van der Waals surface area contributed by atoms with Gasteiger partial charge in [0.05, 0.1) is 24.7 Å². The van der Waals surface area contributed by atoms with Gasteiger partial charge in [0.15, 0.2) is 22.5 Å². The molecule has 0 bridgehead atoms. The molecule has 3 aromatic rings. The monoisotopic (exact) mass is 430 g/mol. The first-order valence-corrected chi connectivity index (χ1v) is 11.1. The minimum Gasteiger partial charge on any atom is -0.461 e. The second-order valence-corrected chi connectivity index (χ2v) is 8.90. The van der Waals surface area contributed by atoms with Crippen molar-refractivity contribution in [1.29, 1.82) is 0 Å². The number of ether oxygens (including phenoxy) is 1. The van der Waals surface area contributed by atoms with E-state index < -0.39 is 0 Å². The summed E-state index contributed by atoms with van der Waals surface area (Å²) >= 11 is 1.42. The van der Waals surface area contributed by atoms with E-state index in [0.717, 1.165) is 28.7 Å². The molecule has 0 spiro atoms. The number of rotatable bonds is 10. The number of Topliss-reactive ketones (excluding diaryl/α,β-unsaturated/α-hetero) is 1. The van der Waals surface area contributed by atoms with Gasteiger partial charge in [-0.2, -0.15) is 0 Å². The van der Waals surface area contributed by atoms with Gasteiger partial charge in [0.1, 0.15) is 0 Å². The third-order valence-electron chi connectivity index (χ3n) is 4.97. The molecule has 1 atom stereocenters. The smallest absolute Gasteiger partial charge is 0.200 e. The Balaban J connectivity index is 1.79. The molecule has 162 valence electrons. The van der Waals surface area contributed by atoms with Crippen molar-refractivity contribution in [3.8, 4) is 11.6 Å². The predicted octanol–water partition coefficient (Wildman–Crippen LogP) is 4.79. The highest BCUT2D eigenvalue weighted by Gasteiger charge is 2.21. The molecule has 0 aromatic carbocycles. The van der Waals surface area contributed by atoms with Crippen molar-refractivity contribution in [2.24, 2.45) is 5.92 Å². The SMILES string of the molecule is COCC(C)n1c(C)cc(C(=O)CSc2nnc(-c3ccco3)n2CC(C)C)c1C. The molecule has 1 unspecified atom stereocenters. The van der Waals surface area contributed by atoms with Crippen molar-refractivity contribution in [2.45, 2.75) is 52.4 Å². The van der Waals surface area contributed by atoms with Crippen LogP contribution in [0.2, 0.25) is 0 Å². The maximum absolute atomic E-state index is 13.0. The van der Waals surface area contributed by atoms with Gasteiger partial charge in [-0.1, -0.05) is 25.6 Å². The van der Waals surface area contributed by atoms with Crippen molar-refractivity contribution >= 4 is 17.5 Å². The van der Waals surface area contributed by atoms with Crippen LogP contribution in [0.15, 0.2) is 34.0 Å². The maximum atomic E-state index is 13.0. The van der Waals surface area contributed by atoms with Gasteiger partial charge >= 0.3 is 0 Å². The summed E-state index contributed by atoms with van der Waals surface area (Å²) < 4.78 is 15.0. The van der Waals surface area contributed by atoms with Crippen molar-refractivity contribution < 1.29 is 13.9 Å². The third kappa shape index (κ3) is 4.70. The Bertz CT molecular complexity index is 989. The zero-order chi connectivity index (χ0) is 21.8. The van der Waals surface area contributed by atoms with E-state index in [1.54, 1.807) is 13.4 Å². The number of ketones is 1. The molecular weight excluding hydrogens is 400 g/mol. The fourth-order valence-electron chi connectivity index (χ4n) is 3.77. The molecule has 0 aliphatic heterocycles. The molecule has 3 aromatic heterocycles. The van der Waals surface area contributed by atoms with Gasteiger partial charge in [0.2, 0.25) is 0 Å². The molecule has 3 heterocycles. The Morgan fingerprint density at radius 2 is 2.03 bits per heavy atom. The quantitative estimate of drug-likeness (QED) is 0.340. The van der Waals surface area contributed by atoms with Crippen LogP contribution in [0.3, 0.4) is 0 Å². The zero-order valence-electron chi connectivity index (χ0n) is 18.5. The molecule has 0 N–H and O–H groups in total. The van der Waals surface area contributed by atoms with Crippen LogP contribution in [0.4, 0.5) is 0 Å². The van der Waals surface area contributed by atoms with E-state index in [1.165, 1.54) is 11.8 Å². The highest BCUT2D eigenvalue weighted by molar-refractivity contribution is 7.99. The lowest BCUT2D eigenvalue weighted by atomic mass is 10.2. The molecule has 3 rings (SSSR count). The second-order valence-electron chi connectivity index (χ2n) is 7.96. The lowest BCUT2D eigenvalue weighted by molar-refractivity contribution is 0.102. The highest BCUT2D eigenvalue weighted by Crippen LogP contribution is 2.27. The van der Waals surface area contributed by atoms with E-state index in [4.69, 9.17) is 9.15 Å². The summed E-state index contributed by atoms with van der Waals surface area (Å²) in [5, 5.41) is 9.37. The number of hydrogen-bond donors (Lipinski definition) is 0. The number of aryl methyl sites for hydroxylation is 1. The van der Waals surface area contributed by atoms with Gasteiger partial charge in [-0.3, -0.25) is 9.36 Å². The molecule has 30 heavy (non-hydrogen) atoms. The standard InChI is InChI=1S/C22H30N4O3S/c1-14(2)11-25-21(20-8-7-9-29-20)23-24-22(25)30-13-19(27)18-10-15(3)26(17(18)5)16(4)12-28-6/h7-10,14,16H,11-13H2,1-6H3. The lowest BCUT2D eigenvalue weighted by Crippen LogP contribution is -2.15. The molecule has 0 amide bonds. The molecule has 7 nitrogen and oxygen atoms in total. The number of carbonyl (C=O) groups excluding carboxylic acids is 1. The highest BCUT2D eigenvalue weighted by atomic mass is 32.2. The fraction of sp³-hybridized carbons (Fsp3) is 0.500. The van der Waals surface area contributed by atoms with Gasteiger partial charge in [0, 0.05) is 30.6 Å². The van der Waals surface area contributed by atoms with Crippen LogP contribution in [0, 0.1) is 19.8 Å². The molecule has 0 radical (unpaired) electrons. The molecule has 0 fully saturated rings. The number of nitrogens with zero attached hydrogens (tertiary/aromatic N) is 4. The van der Waals surface area contributed by atoms with Gasteiger partial charge in [0.25, 0.3) is 0 Å². The summed E-state index contributed by atoms with van der Waals surface area (Å²) in [6, 6.07) is 5.85. The Labute approximate surface area is 181 Å². The average Bonchev–Trinajstić information content (AvgIpc) is 3.39. The second kappa shape index (κ2) is 9.66. The van der Waals surface area contributed by atoms with Crippen LogP contribution in [-0.2, 0) is 11.3 Å². The lowest BCUT2D eigenvalue weighted by Gasteiger charge is -2.17. The van der Waals surface area contributed by atoms with E-state index in [2.05, 4.69) is 35.5 Å². The Hall–Kier alpha value is -2.32. The van der Waals surface area contributed by atoms with Crippen LogP contribution < -0.4 is 0 Å². The molecule has 0 saturated heterocycles. The maximum Gasteiger partial charge on any atom is 0.200 e. The summed E-state index contributed by atoms with van der Waals surface area (Å²) in [6.45, 7) is 11.8. The molecule has 0 aliphatic rings. The van der Waals surface area contributed by atoms with Crippen LogP contribution in [0.25, 0.3) is 11.6 Å². The third-order valence-corrected chi connectivity index (χ3v) is 5.94. The summed E-state index contributed by atoms with van der Waals surface area (Å²) in [5.74, 6) is 2.16. The van der Waals surface area contributed by atoms with Crippen molar-refractivity contribution in [3.63, 3.8) is 0 Å². The van der Waals surface area contributed by atoms with E-state index in [-0.39, 0.29) is 11.8 Å². The summed E-state index contributed by atoms with van der Waals surface area (Å²) in [4.78, 5) is 13.0. The zero-order valence-corrected chi connectivity index (χ0v) is 19.3. The van der Waals surface area contributed by atoms with Crippen LogP contribution >= 0.6 is 11.8 Å². The van der Waals surface area contributed by atoms with E-state index in [9.17, 15) is 4.79 Å². The first kappa shape index (κ1) is 22.4. The van der Waals surface area contributed by atoms with Crippen molar-refractivity contribution in [3.05, 3.63) is 41.4 Å². The van der Waals surface area contributed by atoms with E-state index in [1.807, 2.05) is 36.6 Å². The van der Waals surface area contributed by atoms with Crippen LogP contribution in [0.5, 0.6) is 0 Å². The Morgan fingerprint density at radius 3 is 2.67 bits per heavy atom. The molecule has 0 saturated carbocycles. The largest absolute Gasteiger partial charge is 0.461 e. The topological polar surface area (TPSA) is 75.1 Å². The first-order valence-electron chi connectivity index (χ1n) is 10.1. The number of thioether (sulfide) groups is 1. The fourth-order valence-corrected chi connectivity index (χ4v) is 4.61. The minimum atomic E-state index is 0.0858. The molecule has 0 aliphatic carbocycles. The number of aromatic nitrogens is 4. The van der Waals surface area contributed by atoms with Crippen molar-refractivity contribution in [1.82, 2.24) is 19.3 Å². The summed E-state index contributed by atoms with van der Waals surface area (Å²) in [5.41, 5.74) is 2.79. The van der Waals surface area contributed by atoms with Gasteiger partial charge in [-0.25, -0.2) is 0 Å². The normalized spacial score (nSPS) is 12.6. The molecule has 8 heteroatoms. The van der Waals surface area contributed by atoms with Crippen LogP contribution in [0.1, 0.15) is 48.6 Å². The van der Waals surface area contributed by atoms with E-state index >= 15 is 0 Å². The summed E-state index contributed by atoms with van der Waals surface area (Å²) in [7, 11) is 1.69. The Morgan fingerprint density at radius 1 is 1.27 bits per heavy atom.